The van der Waals surface area contributed by atoms with E-state index in [0.717, 1.165) is 0 Å². The molecule has 0 saturated carbocycles. The lowest BCUT2D eigenvalue weighted by molar-refractivity contribution is -0.141. The molecule has 0 aliphatic carbocycles. The van der Waals surface area contributed by atoms with Crippen molar-refractivity contribution in [3.63, 3.8) is 0 Å². The highest BCUT2D eigenvalue weighted by Crippen LogP contribution is 2.02. The van der Waals surface area contributed by atoms with E-state index in [2.05, 4.69) is 5.32 Å². The van der Waals surface area contributed by atoms with E-state index in [1.165, 1.54) is 0 Å². The molecule has 1 aromatic carbocycles. The van der Waals surface area contributed by atoms with E-state index < -0.39 is 40.2 Å². The first-order valence-corrected chi connectivity index (χ1v) is 7.40. The lowest BCUT2D eigenvalue weighted by Gasteiger charge is -2.13. The fourth-order valence-electron chi connectivity index (χ4n) is 1.55. The molecule has 1 atom stereocenters. The van der Waals surface area contributed by atoms with Crippen molar-refractivity contribution in [1.82, 2.24) is 5.32 Å². The maximum absolute atomic E-state index is 11.7. The maximum atomic E-state index is 11.7. The van der Waals surface area contributed by atoms with E-state index in [-0.39, 0.29) is 6.42 Å². The fourth-order valence-corrected chi connectivity index (χ4v) is 2.08. The molecule has 0 fully saturated rings. The summed E-state index contributed by atoms with van der Waals surface area (Å²) in [5, 5.41) is 11.1. The number of nitrogens with one attached hydrogen (secondary N) is 1. The Labute approximate surface area is 116 Å². The predicted molar refractivity (Wildman–Crippen MR) is 70.7 cm³/mol. The molecule has 110 valence electrons. The third-order valence-corrected chi connectivity index (χ3v) is 3.26. The van der Waals surface area contributed by atoms with Gasteiger partial charge in [-0.1, -0.05) is 30.3 Å². The van der Waals surface area contributed by atoms with Crippen LogP contribution in [0.25, 0.3) is 0 Å². The number of hydrogen-bond donors (Lipinski definition) is 3. The van der Waals surface area contributed by atoms with Gasteiger partial charge in [-0.25, -0.2) is 4.79 Å². The van der Waals surface area contributed by atoms with Crippen LogP contribution in [0.4, 0.5) is 0 Å². The quantitative estimate of drug-likeness (QED) is 0.613. The SMILES string of the molecule is O=C(Cc1ccccc1)N[C@@H](CCS(=O)(=O)O)C(=O)O. The zero-order valence-electron chi connectivity index (χ0n) is 10.5. The van der Waals surface area contributed by atoms with Gasteiger partial charge in [0.05, 0.1) is 12.2 Å². The van der Waals surface area contributed by atoms with E-state index >= 15 is 0 Å². The van der Waals surface area contributed by atoms with E-state index in [0.29, 0.717) is 5.56 Å². The van der Waals surface area contributed by atoms with Crippen LogP contribution >= 0.6 is 0 Å². The molecule has 0 unspecified atom stereocenters. The Kier molecular flexibility index (Phi) is 5.66. The van der Waals surface area contributed by atoms with Gasteiger partial charge in [0.25, 0.3) is 10.1 Å². The lowest BCUT2D eigenvalue weighted by atomic mass is 10.1. The van der Waals surface area contributed by atoms with E-state index in [1.54, 1.807) is 30.3 Å². The minimum absolute atomic E-state index is 0.00348. The van der Waals surface area contributed by atoms with Gasteiger partial charge in [0, 0.05) is 0 Å². The second kappa shape index (κ2) is 7.01. The number of carbonyl (C=O) groups excluding carboxylic acids is 1. The average molecular weight is 301 g/mol. The van der Waals surface area contributed by atoms with Crippen LogP contribution in [0.1, 0.15) is 12.0 Å². The molecule has 1 amide bonds. The highest BCUT2D eigenvalue weighted by molar-refractivity contribution is 7.85. The van der Waals surface area contributed by atoms with Gasteiger partial charge in [-0.3, -0.25) is 9.35 Å². The summed E-state index contributed by atoms with van der Waals surface area (Å²) in [6.07, 6.45) is -0.398. The summed E-state index contributed by atoms with van der Waals surface area (Å²) in [6.45, 7) is 0. The van der Waals surface area contributed by atoms with Crippen LogP contribution in [0.3, 0.4) is 0 Å². The molecule has 1 rings (SSSR count). The highest BCUT2D eigenvalue weighted by atomic mass is 32.2. The molecular formula is C12H15NO6S. The molecule has 0 heterocycles. The first-order valence-electron chi connectivity index (χ1n) is 5.79. The average Bonchev–Trinajstić information content (AvgIpc) is 2.34. The number of hydrogen-bond acceptors (Lipinski definition) is 4. The summed E-state index contributed by atoms with van der Waals surface area (Å²) >= 11 is 0. The van der Waals surface area contributed by atoms with Crippen molar-refractivity contribution < 1.29 is 27.7 Å². The largest absolute Gasteiger partial charge is 0.480 e. The van der Waals surface area contributed by atoms with E-state index in [1.807, 2.05) is 0 Å². The summed E-state index contributed by atoms with van der Waals surface area (Å²) in [5.41, 5.74) is 0.712. The van der Waals surface area contributed by atoms with Crippen LogP contribution in [-0.2, 0) is 26.1 Å². The van der Waals surface area contributed by atoms with Crippen LogP contribution in [0, 0.1) is 0 Å². The summed E-state index contributed by atoms with van der Waals surface area (Å²) in [4.78, 5) is 22.6. The standard InChI is InChI=1S/C12H15NO6S/c14-11(8-9-4-2-1-3-5-9)13-10(12(15)16)6-7-20(17,18)19/h1-5,10H,6-8H2,(H,13,14)(H,15,16)(H,17,18,19)/t10-/m0/s1. The first kappa shape index (κ1) is 16.1. The third kappa shape index (κ3) is 6.30. The summed E-state index contributed by atoms with van der Waals surface area (Å²) in [7, 11) is -4.26. The van der Waals surface area contributed by atoms with E-state index in [9.17, 15) is 18.0 Å². The number of rotatable bonds is 7. The number of carboxylic acid groups (broad SMARTS) is 1. The summed E-state index contributed by atoms with van der Waals surface area (Å²) in [6, 6.07) is 7.35. The van der Waals surface area contributed by atoms with Crippen LogP contribution in [0.5, 0.6) is 0 Å². The van der Waals surface area contributed by atoms with Crippen LogP contribution in [0.2, 0.25) is 0 Å². The monoisotopic (exact) mass is 301 g/mol. The van der Waals surface area contributed by atoms with Gasteiger partial charge in [0.2, 0.25) is 5.91 Å². The number of amides is 1. The number of aliphatic carboxylic acids is 1. The molecule has 0 bridgehead atoms. The first-order chi connectivity index (χ1) is 9.28. The molecular weight excluding hydrogens is 286 g/mol. The fraction of sp³-hybridized carbons (Fsp3) is 0.333. The number of carbonyl (C=O) groups is 2. The summed E-state index contributed by atoms with van der Waals surface area (Å²) in [5.74, 6) is -2.61. The molecule has 3 N–H and O–H groups in total. The van der Waals surface area contributed by atoms with Crippen molar-refractivity contribution in [2.24, 2.45) is 0 Å². The Hall–Kier alpha value is -1.93. The highest BCUT2D eigenvalue weighted by Gasteiger charge is 2.22. The van der Waals surface area contributed by atoms with Gasteiger partial charge in [0.15, 0.2) is 0 Å². The minimum atomic E-state index is -4.26. The minimum Gasteiger partial charge on any atom is -0.480 e. The van der Waals surface area contributed by atoms with E-state index in [4.69, 9.17) is 9.66 Å². The summed E-state index contributed by atoms with van der Waals surface area (Å²) < 4.78 is 29.8. The van der Waals surface area contributed by atoms with Crippen LogP contribution in [0.15, 0.2) is 30.3 Å². The molecule has 1 aromatic rings. The molecule has 20 heavy (non-hydrogen) atoms. The van der Waals surface area contributed by atoms with Crippen molar-refractivity contribution in [3.8, 4) is 0 Å². The Balaban J connectivity index is 2.57. The van der Waals surface area contributed by atoms with Gasteiger partial charge in [-0.15, -0.1) is 0 Å². The molecule has 0 aliphatic rings. The number of benzene rings is 1. The van der Waals surface area contributed by atoms with Gasteiger partial charge >= 0.3 is 5.97 Å². The Morgan fingerprint density at radius 3 is 2.30 bits per heavy atom. The van der Waals surface area contributed by atoms with Gasteiger partial charge in [-0.05, 0) is 12.0 Å². The van der Waals surface area contributed by atoms with Gasteiger partial charge < -0.3 is 10.4 Å². The van der Waals surface area contributed by atoms with Crippen molar-refractivity contribution >= 4 is 22.0 Å². The Morgan fingerprint density at radius 1 is 1.20 bits per heavy atom. The van der Waals surface area contributed by atoms with Gasteiger partial charge in [0.1, 0.15) is 6.04 Å². The third-order valence-electron chi connectivity index (χ3n) is 2.51. The van der Waals surface area contributed by atoms with Crippen LogP contribution < -0.4 is 5.32 Å². The zero-order valence-corrected chi connectivity index (χ0v) is 11.3. The second-order valence-electron chi connectivity index (χ2n) is 4.20. The van der Waals surface area contributed by atoms with Crippen molar-refractivity contribution in [2.45, 2.75) is 18.9 Å². The normalized spacial score (nSPS) is 12.7. The maximum Gasteiger partial charge on any atom is 0.326 e. The lowest BCUT2D eigenvalue weighted by Crippen LogP contribution is -2.42. The topological polar surface area (TPSA) is 121 Å². The molecule has 0 spiro atoms. The predicted octanol–water partition coefficient (Wildman–Crippen LogP) is 0.0764. The number of carboxylic acids is 1. The van der Waals surface area contributed by atoms with Crippen LogP contribution in [-0.4, -0.2) is 41.7 Å². The van der Waals surface area contributed by atoms with Crippen molar-refractivity contribution in [2.75, 3.05) is 5.75 Å². The molecule has 0 aliphatic heterocycles. The molecule has 0 aromatic heterocycles. The van der Waals surface area contributed by atoms with Crippen molar-refractivity contribution in [1.29, 1.82) is 0 Å². The molecule has 0 saturated heterocycles. The smallest absolute Gasteiger partial charge is 0.326 e. The zero-order chi connectivity index (χ0) is 15.2. The Morgan fingerprint density at radius 2 is 1.80 bits per heavy atom. The molecule has 7 nitrogen and oxygen atoms in total. The van der Waals surface area contributed by atoms with Crippen molar-refractivity contribution in [3.05, 3.63) is 35.9 Å². The molecule has 8 heteroatoms. The second-order valence-corrected chi connectivity index (χ2v) is 5.77. The van der Waals surface area contributed by atoms with Gasteiger partial charge in [-0.2, -0.15) is 8.42 Å². The molecule has 0 radical (unpaired) electrons. The Bertz CT molecular complexity index is 569.